The van der Waals surface area contributed by atoms with Crippen molar-refractivity contribution < 1.29 is 20.4 Å². The zero-order chi connectivity index (χ0) is 11.8. The number of allylic oxidation sites excluding steroid dienone is 4. The molecule has 1 atom stereocenters. The van der Waals surface area contributed by atoms with Gasteiger partial charge in [-0.3, -0.25) is 0 Å². The first kappa shape index (κ1) is 12.9. The zero-order valence-corrected chi connectivity index (χ0v) is 13.5. The SMILES string of the molecule is CC[Si](C)(C)C[C]1([Ti])C=CC2=C1CCCC2. The van der Waals surface area contributed by atoms with Crippen molar-refractivity contribution in [2.45, 2.75) is 61.5 Å². The number of hydrogen-bond donors (Lipinski definition) is 0. The van der Waals surface area contributed by atoms with Crippen molar-refractivity contribution in [3.8, 4) is 0 Å². The summed E-state index contributed by atoms with van der Waals surface area (Å²) in [6, 6.07) is 2.87. The minimum absolute atomic E-state index is 0.432. The van der Waals surface area contributed by atoms with E-state index in [1.165, 1.54) is 37.8 Å². The molecule has 0 N–H and O–H groups in total. The van der Waals surface area contributed by atoms with Crippen LogP contribution in [0.5, 0.6) is 0 Å². The third-order valence-electron chi connectivity index (χ3n) is 4.33. The van der Waals surface area contributed by atoms with E-state index in [2.05, 4.69) is 52.6 Å². The summed E-state index contributed by atoms with van der Waals surface area (Å²) >= 11 is 2.49. The second-order valence-electron chi connectivity index (χ2n) is 6.21. The Hall–Kier alpha value is 0.411. The van der Waals surface area contributed by atoms with E-state index in [0.717, 1.165) is 0 Å². The fourth-order valence-corrected chi connectivity index (χ4v) is 7.92. The average Bonchev–Trinajstić information content (AvgIpc) is 2.57. The van der Waals surface area contributed by atoms with E-state index in [0.29, 0.717) is 3.72 Å². The molecule has 0 nitrogen and oxygen atoms in total. The van der Waals surface area contributed by atoms with Crippen LogP contribution in [-0.4, -0.2) is 8.07 Å². The van der Waals surface area contributed by atoms with Gasteiger partial charge >= 0.3 is 113 Å². The van der Waals surface area contributed by atoms with Gasteiger partial charge in [0.25, 0.3) is 0 Å². The van der Waals surface area contributed by atoms with Crippen LogP contribution in [0.4, 0.5) is 0 Å². The average molecular weight is 267 g/mol. The molecule has 0 bridgehead atoms. The van der Waals surface area contributed by atoms with Gasteiger partial charge in [-0.15, -0.1) is 0 Å². The molecule has 0 spiro atoms. The fourth-order valence-electron chi connectivity index (χ4n) is 3.01. The van der Waals surface area contributed by atoms with Crippen molar-refractivity contribution in [2.24, 2.45) is 0 Å². The predicted octanol–water partition coefficient (Wildman–Crippen LogP) is 4.86. The van der Waals surface area contributed by atoms with E-state index < -0.39 is 8.07 Å². The molecular weight excluding hydrogens is 244 g/mol. The zero-order valence-electron chi connectivity index (χ0n) is 10.9. The molecule has 0 heterocycles. The van der Waals surface area contributed by atoms with Crippen molar-refractivity contribution in [1.29, 1.82) is 0 Å². The summed E-state index contributed by atoms with van der Waals surface area (Å²) in [5, 5.41) is 0. The van der Waals surface area contributed by atoms with Crippen LogP contribution < -0.4 is 0 Å². The summed E-state index contributed by atoms with van der Waals surface area (Å²) in [5.74, 6) is 0. The fraction of sp³-hybridized carbons (Fsp3) is 0.714. The van der Waals surface area contributed by atoms with E-state index in [-0.39, 0.29) is 0 Å². The monoisotopic (exact) mass is 267 g/mol. The molecule has 16 heavy (non-hydrogen) atoms. The van der Waals surface area contributed by atoms with Crippen molar-refractivity contribution >= 4 is 8.07 Å². The molecule has 1 unspecified atom stereocenters. The van der Waals surface area contributed by atoms with Crippen LogP contribution in [0.25, 0.3) is 0 Å². The third-order valence-corrected chi connectivity index (χ3v) is 9.32. The molecule has 2 heteroatoms. The summed E-state index contributed by atoms with van der Waals surface area (Å²) < 4.78 is 0.432. The van der Waals surface area contributed by atoms with E-state index in [9.17, 15) is 0 Å². The number of hydrogen-bond acceptors (Lipinski definition) is 0. The minimum atomic E-state index is -0.976. The molecule has 0 saturated heterocycles. The number of rotatable bonds is 3. The summed E-state index contributed by atoms with van der Waals surface area (Å²) in [7, 11) is -0.976. The first-order chi connectivity index (χ1) is 7.47. The van der Waals surface area contributed by atoms with Gasteiger partial charge in [0, 0.05) is 0 Å². The van der Waals surface area contributed by atoms with Gasteiger partial charge in [-0.25, -0.2) is 0 Å². The molecule has 0 amide bonds. The normalized spacial score (nSPS) is 29.6. The van der Waals surface area contributed by atoms with Crippen LogP contribution in [0, 0.1) is 0 Å². The van der Waals surface area contributed by atoms with Crippen LogP contribution in [-0.2, 0) is 20.4 Å². The molecule has 0 aromatic heterocycles. The molecular formula is C14H23SiTi. The Kier molecular flexibility index (Phi) is 3.69. The van der Waals surface area contributed by atoms with Gasteiger partial charge in [0.05, 0.1) is 0 Å². The summed E-state index contributed by atoms with van der Waals surface area (Å²) in [4.78, 5) is 0. The molecule has 0 aromatic rings. The Morgan fingerprint density at radius 1 is 1.31 bits per heavy atom. The van der Waals surface area contributed by atoms with Gasteiger partial charge in [-0.05, 0) is 0 Å². The first-order valence-corrected chi connectivity index (χ1v) is 10.8. The quantitative estimate of drug-likeness (QED) is 0.640. The third kappa shape index (κ3) is 2.47. The van der Waals surface area contributed by atoms with Crippen molar-refractivity contribution in [1.82, 2.24) is 0 Å². The summed E-state index contributed by atoms with van der Waals surface area (Å²) in [6.45, 7) is 7.48. The topological polar surface area (TPSA) is 0 Å². The Bertz CT molecular complexity index is 341. The van der Waals surface area contributed by atoms with E-state index in [1.807, 2.05) is 0 Å². The van der Waals surface area contributed by atoms with Crippen LogP contribution >= 0.6 is 0 Å². The van der Waals surface area contributed by atoms with E-state index in [4.69, 9.17) is 0 Å². The summed E-state index contributed by atoms with van der Waals surface area (Å²) in [5.41, 5.74) is 3.49. The van der Waals surface area contributed by atoms with Gasteiger partial charge < -0.3 is 0 Å². The first-order valence-electron chi connectivity index (χ1n) is 6.64. The molecule has 2 aliphatic carbocycles. The van der Waals surface area contributed by atoms with E-state index in [1.54, 1.807) is 11.1 Å². The predicted molar refractivity (Wildman–Crippen MR) is 70.1 cm³/mol. The standard InChI is InChI=1S/C14H23Si.Ti/c1-4-15(2,3)11-13-10-9-12-7-5-6-8-14(12)13;/h9-10H,4-8,11H2,1-3H3;. The van der Waals surface area contributed by atoms with Gasteiger partial charge in [0.1, 0.15) is 0 Å². The molecule has 0 fully saturated rings. The second-order valence-corrected chi connectivity index (χ2v) is 13.0. The molecule has 0 saturated carbocycles. The van der Waals surface area contributed by atoms with Gasteiger partial charge in [-0.2, -0.15) is 0 Å². The maximum absolute atomic E-state index is 2.55. The van der Waals surface area contributed by atoms with Gasteiger partial charge in [-0.1, -0.05) is 0 Å². The molecule has 0 aromatic carbocycles. The van der Waals surface area contributed by atoms with Gasteiger partial charge in [0.2, 0.25) is 0 Å². The molecule has 2 rings (SSSR count). The van der Waals surface area contributed by atoms with Crippen LogP contribution in [0.3, 0.4) is 0 Å². The van der Waals surface area contributed by atoms with Crippen LogP contribution in [0.2, 0.25) is 28.9 Å². The van der Waals surface area contributed by atoms with Crippen molar-refractivity contribution in [2.75, 3.05) is 0 Å². The Labute approximate surface area is 113 Å². The van der Waals surface area contributed by atoms with Crippen molar-refractivity contribution in [3.63, 3.8) is 0 Å². The second kappa shape index (κ2) is 4.59. The van der Waals surface area contributed by atoms with Gasteiger partial charge in [0.15, 0.2) is 0 Å². The Morgan fingerprint density at radius 2 is 2.00 bits per heavy atom. The Balaban J connectivity index is 2.20. The van der Waals surface area contributed by atoms with Crippen LogP contribution in [0.1, 0.15) is 32.6 Å². The van der Waals surface area contributed by atoms with E-state index >= 15 is 0 Å². The molecule has 87 valence electrons. The summed E-state index contributed by atoms with van der Waals surface area (Å²) in [6.07, 6.45) is 10.5. The van der Waals surface area contributed by atoms with Crippen molar-refractivity contribution in [3.05, 3.63) is 23.3 Å². The molecule has 0 radical (unpaired) electrons. The maximum atomic E-state index is 2.55. The molecule has 0 aliphatic heterocycles. The Morgan fingerprint density at radius 3 is 2.69 bits per heavy atom. The molecule has 2 aliphatic rings. The van der Waals surface area contributed by atoms with Crippen LogP contribution in [0.15, 0.2) is 23.3 Å².